The van der Waals surface area contributed by atoms with Gasteiger partial charge in [-0.15, -0.1) is 0 Å². The van der Waals surface area contributed by atoms with Gasteiger partial charge in [0.15, 0.2) is 17.3 Å². The maximum absolute atomic E-state index is 6.28. The van der Waals surface area contributed by atoms with Crippen LogP contribution in [0.2, 0.25) is 0 Å². The van der Waals surface area contributed by atoms with Crippen molar-refractivity contribution in [2.45, 2.75) is 57.9 Å². The van der Waals surface area contributed by atoms with Gasteiger partial charge in [0, 0.05) is 42.8 Å². The minimum absolute atomic E-state index is 0.671. The molecule has 1 saturated carbocycles. The van der Waals surface area contributed by atoms with Crippen molar-refractivity contribution in [2.75, 3.05) is 58.4 Å². The Morgan fingerprint density at radius 3 is 2.49 bits per heavy atom. The molecule has 2 saturated heterocycles. The molecule has 1 aromatic carbocycles. The standard InChI is InChI=1S/C32H44N4O3/c1-22-7-10-30(39-22)28-20-29(36-16-11-23(12-17-36)24-8-9-26(24)33-2)25-19-31(37-3)32(21-27(25)34-28)38-18-6-15-35-13-4-5-14-35/h7,10,19-21,23-24,26,33H,4-6,8-9,11-18H2,1-3H3. The number of methoxy groups -OCH3 is 1. The number of nitrogens with zero attached hydrogens (tertiary/aromatic N) is 3. The van der Waals surface area contributed by atoms with Crippen LogP contribution < -0.4 is 19.7 Å². The number of piperidine rings is 1. The maximum atomic E-state index is 6.28. The average molecular weight is 533 g/mol. The number of hydrogen-bond acceptors (Lipinski definition) is 7. The van der Waals surface area contributed by atoms with Gasteiger partial charge in [0.2, 0.25) is 0 Å². The van der Waals surface area contributed by atoms with E-state index in [1.807, 2.05) is 19.1 Å². The number of aryl methyl sites for hydroxylation is 1. The van der Waals surface area contributed by atoms with Crippen molar-refractivity contribution in [1.29, 1.82) is 0 Å². The van der Waals surface area contributed by atoms with E-state index in [0.29, 0.717) is 12.6 Å². The number of likely N-dealkylation sites (tertiary alicyclic amines) is 1. The van der Waals surface area contributed by atoms with Gasteiger partial charge in [0.05, 0.1) is 19.2 Å². The van der Waals surface area contributed by atoms with Crippen molar-refractivity contribution in [2.24, 2.45) is 11.8 Å². The first kappa shape index (κ1) is 26.5. The number of hydrogen-bond donors (Lipinski definition) is 1. The van der Waals surface area contributed by atoms with E-state index in [1.165, 1.54) is 57.3 Å². The van der Waals surface area contributed by atoms with E-state index in [-0.39, 0.29) is 0 Å². The van der Waals surface area contributed by atoms with Crippen molar-refractivity contribution < 1.29 is 13.9 Å². The summed E-state index contributed by atoms with van der Waals surface area (Å²) in [5.74, 6) is 4.88. The highest BCUT2D eigenvalue weighted by molar-refractivity contribution is 5.96. The summed E-state index contributed by atoms with van der Waals surface area (Å²) >= 11 is 0. The molecule has 2 unspecified atom stereocenters. The molecular weight excluding hydrogens is 488 g/mol. The minimum atomic E-state index is 0.671. The first-order valence-corrected chi connectivity index (χ1v) is 15.0. The van der Waals surface area contributed by atoms with Crippen LogP contribution in [0.5, 0.6) is 11.5 Å². The van der Waals surface area contributed by atoms with Gasteiger partial charge in [0.1, 0.15) is 11.5 Å². The molecule has 210 valence electrons. The van der Waals surface area contributed by atoms with Gasteiger partial charge in [-0.25, -0.2) is 4.98 Å². The molecule has 0 radical (unpaired) electrons. The predicted molar refractivity (Wildman–Crippen MR) is 157 cm³/mol. The fourth-order valence-corrected chi connectivity index (χ4v) is 6.94. The number of rotatable bonds is 10. The Labute approximate surface area is 232 Å². The topological polar surface area (TPSA) is 63.0 Å². The zero-order valence-electron chi connectivity index (χ0n) is 23.9. The molecule has 3 aliphatic rings. The lowest BCUT2D eigenvalue weighted by molar-refractivity contribution is 0.122. The number of anilines is 1. The number of furan rings is 1. The fraction of sp³-hybridized carbons (Fsp3) is 0.594. The Kier molecular flexibility index (Phi) is 7.98. The molecule has 0 bridgehead atoms. The summed E-state index contributed by atoms with van der Waals surface area (Å²) in [5, 5.41) is 4.64. The molecular formula is C32H44N4O3. The third kappa shape index (κ3) is 5.62. The molecule has 1 aliphatic carbocycles. The van der Waals surface area contributed by atoms with Crippen LogP contribution in [0.1, 0.15) is 50.7 Å². The van der Waals surface area contributed by atoms with E-state index in [4.69, 9.17) is 18.9 Å². The summed E-state index contributed by atoms with van der Waals surface area (Å²) in [6, 6.07) is 11.1. The molecule has 0 amide bonds. The molecule has 2 aliphatic heterocycles. The number of pyridine rings is 1. The van der Waals surface area contributed by atoms with E-state index in [2.05, 4.69) is 40.4 Å². The van der Waals surface area contributed by atoms with Crippen molar-refractivity contribution >= 4 is 16.6 Å². The molecule has 7 heteroatoms. The summed E-state index contributed by atoms with van der Waals surface area (Å²) < 4.78 is 18.1. The molecule has 6 rings (SSSR count). The van der Waals surface area contributed by atoms with Gasteiger partial charge in [-0.3, -0.25) is 0 Å². The molecule has 39 heavy (non-hydrogen) atoms. The lowest BCUT2D eigenvalue weighted by atomic mass is 9.68. The van der Waals surface area contributed by atoms with Crippen LogP contribution in [-0.4, -0.2) is 69.4 Å². The number of benzene rings is 1. The molecule has 2 aromatic heterocycles. The zero-order chi connectivity index (χ0) is 26.8. The molecule has 4 heterocycles. The first-order valence-electron chi connectivity index (χ1n) is 15.0. The summed E-state index contributed by atoms with van der Waals surface area (Å²) in [5.41, 5.74) is 3.00. The van der Waals surface area contributed by atoms with E-state index in [0.717, 1.165) is 77.5 Å². The zero-order valence-corrected chi connectivity index (χ0v) is 23.9. The normalized spacial score (nSPS) is 22.4. The van der Waals surface area contributed by atoms with Crippen LogP contribution in [0, 0.1) is 18.8 Å². The van der Waals surface area contributed by atoms with Gasteiger partial charge in [-0.05, 0) is 108 Å². The van der Waals surface area contributed by atoms with Gasteiger partial charge >= 0.3 is 0 Å². The predicted octanol–water partition coefficient (Wildman–Crippen LogP) is 5.89. The lowest BCUT2D eigenvalue weighted by Gasteiger charge is -2.45. The Balaban J connectivity index is 1.26. The number of nitrogens with one attached hydrogen (secondary N) is 1. The third-order valence-corrected chi connectivity index (χ3v) is 9.32. The summed E-state index contributed by atoms with van der Waals surface area (Å²) in [7, 11) is 3.85. The number of ether oxygens (including phenoxy) is 2. The Bertz CT molecular complexity index is 1260. The average Bonchev–Trinajstić information content (AvgIpc) is 3.62. The monoisotopic (exact) mass is 532 g/mol. The Morgan fingerprint density at radius 2 is 1.82 bits per heavy atom. The van der Waals surface area contributed by atoms with Crippen molar-refractivity contribution in [3.05, 3.63) is 36.1 Å². The number of fused-ring (bicyclic) bond motifs is 1. The third-order valence-electron chi connectivity index (χ3n) is 9.32. The largest absolute Gasteiger partial charge is 0.493 e. The minimum Gasteiger partial charge on any atom is -0.493 e. The highest BCUT2D eigenvalue weighted by Gasteiger charge is 2.37. The summed E-state index contributed by atoms with van der Waals surface area (Å²) in [6.07, 6.45) is 8.81. The molecule has 2 atom stereocenters. The quantitative estimate of drug-likeness (QED) is 0.327. The number of aromatic nitrogens is 1. The lowest BCUT2D eigenvalue weighted by Crippen LogP contribution is -2.48. The van der Waals surface area contributed by atoms with Gasteiger partial charge < -0.3 is 29.0 Å². The van der Waals surface area contributed by atoms with Crippen LogP contribution >= 0.6 is 0 Å². The molecule has 7 nitrogen and oxygen atoms in total. The highest BCUT2D eigenvalue weighted by atomic mass is 16.5. The summed E-state index contributed by atoms with van der Waals surface area (Å²) in [4.78, 5) is 10.1. The van der Waals surface area contributed by atoms with Crippen LogP contribution in [0.15, 0.2) is 34.7 Å². The van der Waals surface area contributed by atoms with Crippen LogP contribution in [0.25, 0.3) is 22.4 Å². The molecule has 3 aromatic rings. The second kappa shape index (κ2) is 11.8. The van der Waals surface area contributed by atoms with E-state index >= 15 is 0 Å². The second-order valence-electron chi connectivity index (χ2n) is 11.7. The SMILES string of the molecule is CNC1CCC1C1CCN(c2cc(-c3ccc(C)o3)nc3cc(OCCCN4CCCC4)c(OC)cc23)CC1. The summed E-state index contributed by atoms with van der Waals surface area (Å²) in [6.45, 7) is 8.30. The van der Waals surface area contributed by atoms with E-state index < -0.39 is 0 Å². The molecule has 1 N–H and O–H groups in total. The fourth-order valence-electron chi connectivity index (χ4n) is 6.94. The first-order chi connectivity index (χ1) is 19.1. The van der Waals surface area contributed by atoms with Crippen molar-refractivity contribution in [3.8, 4) is 23.0 Å². The van der Waals surface area contributed by atoms with Crippen LogP contribution in [0.3, 0.4) is 0 Å². The van der Waals surface area contributed by atoms with Crippen molar-refractivity contribution in [3.63, 3.8) is 0 Å². The van der Waals surface area contributed by atoms with Crippen LogP contribution in [0.4, 0.5) is 5.69 Å². The smallest absolute Gasteiger partial charge is 0.163 e. The maximum Gasteiger partial charge on any atom is 0.163 e. The molecule has 3 fully saturated rings. The van der Waals surface area contributed by atoms with Gasteiger partial charge in [-0.2, -0.15) is 0 Å². The Morgan fingerprint density at radius 1 is 1.00 bits per heavy atom. The Hall–Kier alpha value is -2.77. The second-order valence-corrected chi connectivity index (χ2v) is 11.7. The van der Waals surface area contributed by atoms with Crippen molar-refractivity contribution in [1.82, 2.24) is 15.2 Å². The highest BCUT2D eigenvalue weighted by Crippen LogP contribution is 2.42. The van der Waals surface area contributed by atoms with Gasteiger partial charge in [-0.1, -0.05) is 0 Å². The molecule has 0 spiro atoms. The van der Waals surface area contributed by atoms with Crippen LogP contribution in [-0.2, 0) is 0 Å². The van der Waals surface area contributed by atoms with Gasteiger partial charge in [0.25, 0.3) is 0 Å². The van der Waals surface area contributed by atoms with E-state index in [1.54, 1.807) is 7.11 Å². The van der Waals surface area contributed by atoms with E-state index in [9.17, 15) is 0 Å².